The van der Waals surface area contributed by atoms with Crippen molar-refractivity contribution in [3.63, 3.8) is 0 Å². The van der Waals surface area contributed by atoms with E-state index in [0.717, 1.165) is 38.8 Å². The molecule has 1 saturated heterocycles. The van der Waals surface area contributed by atoms with Gasteiger partial charge in [-0.1, -0.05) is 26.7 Å². The molecule has 2 rings (SSSR count). The smallest absolute Gasteiger partial charge is 0.233 e. The highest BCUT2D eigenvalue weighted by atomic mass is 16.2. The SMILES string of the molecule is C[C@H]1CCC[C@H](C)C1NCC(=O)NCCCN1CCCCCC1=O. The monoisotopic (exact) mass is 337 g/mol. The molecule has 0 spiro atoms. The summed E-state index contributed by atoms with van der Waals surface area (Å²) in [6.07, 6.45) is 8.64. The van der Waals surface area contributed by atoms with Gasteiger partial charge < -0.3 is 15.5 Å². The second-order valence-corrected chi connectivity index (χ2v) is 7.69. The van der Waals surface area contributed by atoms with E-state index in [-0.39, 0.29) is 11.8 Å². The first-order valence-corrected chi connectivity index (χ1v) is 9.86. The maximum Gasteiger partial charge on any atom is 0.233 e. The largest absolute Gasteiger partial charge is 0.355 e. The Morgan fingerprint density at radius 2 is 1.88 bits per heavy atom. The Morgan fingerprint density at radius 3 is 2.62 bits per heavy atom. The average Bonchev–Trinajstić information content (AvgIpc) is 2.75. The molecule has 5 nitrogen and oxygen atoms in total. The zero-order valence-corrected chi connectivity index (χ0v) is 15.5. The van der Waals surface area contributed by atoms with Crippen LogP contribution in [0.3, 0.4) is 0 Å². The number of likely N-dealkylation sites (tertiary alicyclic amines) is 1. The summed E-state index contributed by atoms with van der Waals surface area (Å²) in [6.45, 7) is 7.27. The fourth-order valence-electron chi connectivity index (χ4n) is 4.13. The molecule has 1 heterocycles. The molecular formula is C19H35N3O2. The molecule has 0 aromatic rings. The number of rotatable bonds is 7. The number of nitrogens with one attached hydrogen (secondary N) is 2. The van der Waals surface area contributed by atoms with Crippen molar-refractivity contribution in [2.45, 2.75) is 71.3 Å². The molecule has 138 valence electrons. The molecule has 2 N–H and O–H groups in total. The quantitative estimate of drug-likeness (QED) is 0.701. The van der Waals surface area contributed by atoms with Crippen LogP contribution in [-0.4, -0.2) is 48.9 Å². The minimum absolute atomic E-state index is 0.0715. The third kappa shape index (κ3) is 6.08. The lowest BCUT2D eigenvalue weighted by molar-refractivity contribution is -0.130. The first-order chi connectivity index (χ1) is 11.6. The second kappa shape index (κ2) is 10.0. The Morgan fingerprint density at radius 1 is 1.12 bits per heavy atom. The summed E-state index contributed by atoms with van der Waals surface area (Å²) in [6, 6.07) is 0.458. The van der Waals surface area contributed by atoms with Crippen LogP contribution in [0.2, 0.25) is 0 Å². The highest BCUT2D eigenvalue weighted by Crippen LogP contribution is 2.28. The van der Waals surface area contributed by atoms with Gasteiger partial charge in [0.15, 0.2) is 0 Å². The van der Waals surface area contributed by atoms with E-state index in [2.05, 4.69) is 24.5 Å². The van der Waals surface area contributed by atoms with Crippen molar-refractivity contribution in [3.05, 3.63) is 0 Å². The van der Waals surface area contributed by atoms with E-state index in [4.69, 9.17) is 0 Å². The number of carbonyl (C=O) groups excluding carboxylic acids is 2. The van der Waals surface area contributed by atoms with Gasteiger partial charge in [-0.15, -0.1) is 0 Å². The molecule has 2 amide bonds. The lowest BCUT2D eigenvalue weighted by atomic mass is 9.79. The van der Waals surface area contributed by atoms with Gasteiger partial charge >= 0.3 is 0 Å². The maximum absolute atomic E-state index is 12.0. The van der Waals surface area contributed by atoms with Crippen molar-refractivity contribution in [1.82, 2.24) is 15.5 Å². The first kappa shape index (κ1) is 19.2. The van der Waals surface area contributed by atoms with E-state index >= 15 is 0 Å². The number of hydrogen-bond acceptors (Lipinski definition) is 3. The van der Waals surface area contributed by atoms with Gasteiger partial charge in [0.25, 0.3) is 0 Å². The van der Waals surface area contributed by atoms with Crippen molar-refractivity contribution < 1.29 is 9.59 Å². The highest BCUT2D eigenvalue weighted by molar-refractivity contribution is 5.78. The number of amides is 2. The van der Waals surface area contributed by atoms with Crippen molar-refractivity contribution in [3.8, 4) is 0 Å². The van der Waals surface area contributed by atoms with Crippen LogP contribution in [0.4, 0.5) is 0 Å². The van der Waals surface area contributed by atoms with E-state index in [1.165, 1.54) is 19.3 Å². The van der Waals surface area contributed by atoms with Crippen LogP contribution in [0.15, 0.2) is 0 Å². The molecule has 5 heteroatoms. The fourth-order valence-corrected chi connectivity index (χ4v) is 4.13. The van der Waals surface area contributed by atoms with Crippen LogP contribution in [0.25, 0.3) is 0 Å². The molecule has 1 aliphatic heterocycles. The molecule has 2 aliphatic rings. The van der Waals surface area contributed by atoms with E-state index in [1.807, 2.05) is 4.90 Å². The van der Waals surface area contributed by atoms with E-state index in [0.29, 0.717) is 37.4 Å². The molecule has 0 bridgehead atoms. The Balaban J connectivity index is 1.58. The molecule has 0 aromatic carbocycles. The van der Waals surface area contributed by atoms with Crippen LogP contribution in [0.1, 0.15) is 65.2 Å². The van der Waals surface area contributed by atoms with Gasteiger partial charge in [0.05, 0.1) is 6.54 Å². The molecule has 2 fully saturated rings. The molecule has 0 unspecified atom stereocenters. The predicted molar refractivity (Wildman–Crippen MR) is 96.6 cm³/mol. The van der Waals surface area contributed by atoms with Gasteiger partial charge in [-0.25, -0.2) is 0 Å². The summed E-state index contributed by atoms with van der Waals surface area (Å²) < 4.78 is 0. The van der Waals surface area contributed by atoms with Crippen molar-refractivity contribution in [1.29, 1.82) is 0 Å². The number of carbonyl (C=O) groups is 2. The summed E-state index contributed by atoms with van der Waals surface area (Å²) in [5.41, 5.74) is 0. The van der Waals surface area contributed by atoms with E-state index < -0.39 is 0 Å². The van der Waals surface area contributed by atoms with Crippen molar-refractivity contribution in [2.24, 2.45) is 11.8 Å². The summed E-state index contributed by atoms with van der Waals surface area (Å²) in [4.78, 5) is 25.9. The number of nitrogens with zero attached hydrogens (tertiary/aromatic N) is 1. The molecule has 0 aromatic heterocycles. The van der Waals surface area contributed by atoms with Crippen molar-refractivity contribution >= 4 is 11.8 Å². The third-order valence-corrected chi connectivity index (χ3v) is 5.64. The van der Waals surface area contributed by atoms with Crippen LogP contribution in [-0.2, 0) is 9.59 Å². The van der Waals surface area contributed by atoms with Gasteiger partial charge in [0.2, 0.25) is 11.8 Å². The Hall–Kier alpha value is -1.10. The molecule has 2 atom stereocenters. The van der Waals surface area contributed by atoms with E-state index in [1.54, 1.807) is 0 Å². The van der Waals surface area contributed by atoms with Gasteiger partial charge in [0.1, 0.15) is 0 Å². The minimum atomic E-state index is 0.0715. The third-order valence-electron chi connectivity index (χ3n) is 5.64. The lowest BCUT2D eigenvalue weighted by Gasteiger charge is -2.35. The van der Waals surface area contributed by atoms with Gasteiger partial charge in [-0.2, -0.15) is 0 Å². The van der Waals surface area contributed by atoms with Crippen molar-refractivity contribution in [2.75, 3.05) is 26.2 Å². The van der Waals surface area contributed by atoms with Crippen LogP contribution in [0, 0.1) is 11.8 Å². The highest BCUT2D eigenvalue weighted by Gasteiger charge is 2.27. The van der Waals surface area contributed by atoms with Crippen LogP contribution in [0.5, 0.6) is 0 Å². The summed E-state index contributed by atoms with van der Waals surface area (Å²) >= 11 is 0. The topological polar surface area (TPSA) is 61.4 Å². The van der Waals surface area contributed by atoms with E-state index in [9.17, 15) is 9.59 Å². The zero-order chi connectivity index (χ0) is 17.4. The van der Waals surface area contributed by atoms with Gasteiger partial charge in [0, 0.05) is 32.1 Å². The summed E-state index contributed by atoms with van der Waals surface area (Å²) in [7, 11) is 0. The minimum Gasteiger partial charge on any atom is -0.355 e. The molecular weight excluding hydrogens is 302 g/mol. The Labute approximate surface area is 146 Å². The molecule has 24 heavy (non-hydrogen) atoms. The lowest BCUT2D eigenvalue weighted by Crippen LogP contribution is -2.47. The molecule has 1 saturated carbocycles. The Kier molecular flexibility index (Phi) is 8.03. The Bertz CT molecular complexity index is 403. The van der Waals surface area contributed by atoms with Crippen LogP contribution >= 0.6 is 0 Å². The maximum atomic E-state index is 12.0. The average molecular weight is 338 g/mol. The summed E-state index contributed by atoms with van der Waals surface area (Å²) in [5, 5.41) is 6.43. The molecule has 1 aliphatic carbocycles. The second-order valence-electron chi connectivity index (χ2n) is 7.69. The molecule has 0 radical (unpaired) electrons. The normalized spacial score (nSPS) is 26.2. The predicted octanol–water partition coefficient (Wildman–Crippen LogP) is 2.31. The van der Waals surface area contributed by atoms with Gasteiger partial charge in [-0.05, 0) is 43.9 Å². The standard InChI is InChI=1S/C19H35N3O2/c1-15-8-6-9-16(2)19(15)21-14-17(23)20-11-7-13-22-12-5-3-4-10-18(22)24/h15-16,19,21H,3-14H2,1-2H3,(H,20,23)/t15-,16-/m0/s1. The fraction of sp³-hybridized carbons (Fsp3) is 0.895. The van der Waals surface area contributed by atoms with Gasteiger partial charge in [-0.3, -0.25) is 9.59 Å². The summed E-state index contributed by atoms with van der Waals surface area (Å²) in [5.74, 6) is 1.65. The first-order valence-electron chi connectivity index (χ1n) is 9.86. The van der Waals surface area contributed by atoms with Crippen LogP contribution < -0.4 is 10.6 Å². The zero-order valence-electron chi connectivity index (χ0n) is 15.5. The number of hydrogen-bond donors (Lipinski definition) is 2.